The molecule has 1 aliphatic rings. The van der Waals surface area contributed by atoms with Gasteiger partial charge in [0.2, 0.25) is 0 Å². The molecule has 4 rings (SSSR count). The molecule has 4 heterocycles. The van der Waals surface area contributed by atoms with E-state index in [1.54, 1.807) is 11.3 Å². The number of hydrogen-bond acceptors (Lipinski definition) is 6. The Bertz CT molecular complexity index is 784. The molecule has 3 aromatic heterocycles. The Kier molecular flexibility index (Phi) is 4.91. The first-order chi connectivity index (χ1) is 12.3. The highest BCUT2D eigenvalue weighted by molar-refractivity contribution is 7.12. The Morgan fingerprint density at radius 2 is 2.20 bits per heavy atom. The molecule has 1 N–H and O–H groups in total. The van der Waals surface area contributed by atoms with Gasteiger partial charge in [0.05, 0.1) is 17.9 Å². The highest BCUT2D eigenvalue weighted by atomic mass is 32.1. The van der Waals surface area contributed by atoms with Crippen molar-refractivity contribution in [2.45, 2.75) is 32.0 Å². The maximum Gasteiger partial charge on any atom is 0.193 e. The highest BCUT2D eigenvalue weighted by Crippen LogP contribution is 2.24. The summed E-state index contributed by atoms with van der Waals surface area (Å²) in [5.74, 6) is 0. The SMILES string of the molecule is CNCc1cn(C2CCN(Cc3cccn3-c3nccs3)CC2)nn1. The lowest BCUT2D eigenvalue weighted by molar-refractivity contribution is 0.170. The highest BCUT2D eigenvalue weighted by Gasteiger charge is 2.22. The summed E-state index contributed by atoms with van der Waals surface area (Å²) in [4.78, 5) is 6.94. The van der Waals surface area contributed by atoms with Crippen LogP contribution in [0.25, 0.3) is 5.13 Å². The van der Waals surface area contributed by atoms with Crippen LogP contribution in [0, 0.1) is 0 Å². The second kappa shape index (κ2) is 7.47. The maximum absolute atomic E-state index is 4.42. The van der Waals surface area contributed by atoms with Gasteiger partial charge in [-0.1, -0.05) is 5.21 Å². The van der Waals surface area contributed by atoms with Crippen molar-refractivity contribution >= 4 is 11.3 Å². The van der Waals surface area contributed by atoms with Crippen molar-refractivity contribution in [3.05, 3.63) is 47.5 Å². The molecule has 1 saturated heterocycles. The first kappa shape index (κ1) is 16.4. The minimum atomic E-state index is 0.458. The molecule has 0 unspecified atom stereocenters. The zero-order chi connectivity index (χ0) is 17.1. The summed E-state index contributed by atoms with van der Waals surface area (Å²) in [6.07, 6.45) is 8.25. The second-order valence-electron chi connectivity index (χ2n) is 6.41. The normalized spacial score (nSPS) is 16.5. The maximum atomic E-state index is 4.42. The van der Waals surface area contributed by atoms with Crippen LogP contribution in [0.15, 0.2) is 36.1 Å². The van der Waals surface area contributed by atoms with E-state index in [2.05, 4.69) is 54.6 Å². The van der Waals surface area contributed by atoms with Crippen LogP contribution in [0.4, 0.5) is 0 Å². The number of hydrogen-bond donors (Lipinski definition) is 1. The zero-order valence-electron chi connectivity index (χ0n) is 14.4. The van der Waals surface area contributed by atoms with Crippen molar-refractivity contribution in [3.63, 3.8) is 0 Å². The Morgan fingerprint density at radius 1 is 1.32 bits per heavy atom. The lowest BCUT2D eigenvalue weighted by atomic mass is 10.1. The van der Waals surface area contributed by atoms with Crippen molar-refractivity contribution in [3.8, 4) is 5.13 Å². The van der Waals surface area contributed by atoms with E-state index in [0.717, 1.165) is 49.8 Å². The molecule has 25 heavy (non-hydrogen) atoms. The fraction of sp³-hybridized carbons (Fsp3) is 0.471. The molecule has 0 radical (unpaired) electrons. The molecule has 132 valence electrons. The Labute approximate surface area is 151 Å². The average molecular weight is 357 g/mol. The van der Waals surface area contributed by atoms with Crippen LogP contribution in [0.5, 0.6) is 0 Å². The Balaban J connectivity index is 1.36. The third-order valence-corrected chi connectivity index (χ3v) is 5.46. The van der Waals surface area contributed by atoms with Gasteiger partial charge in [-0.25, -0.2) is 9.67 Å². The van der Waals surface area contributed by atoms with Gasteiger partial charge in [0.1, 0.15) is 0 Å². The van der Waals surface area contributed by atoms with Gasteiger partial charge >= 0.3 is 0 Å². The first-order valence-electron chi connectivity index (χ1n) is 8.67. The van der Waals surface area contributed by atoms with Crippen LogP contribution in [0.1, 0.15) is 30.3 Å². The summed E-state index contributed by atoms with van der Waals surface area (Å²) in [7, 11) is 1.93. The van der Waals surface area contributed by atoms with Gasteiger partial charge in [0.25, 0.3) is 0 Å². The van der Waals surface area contributed by atoms with Gasteiger partial charge in [-0.15, -0.1) is 16.4 Å². The van der Waals surface area contributed by atoms with Gasteiger partial charge in [-0.3, -0.25) is 9.47 Å². The van der Waals surface area contributed by atoms with Crippen LogP contribution >= 0.6 is 11.3 Å². The minimum Gasteiger partial charge on any atom is -0.314 e. The van der Waals surface area contributed by atoms with E-state index in [-0.39, 0.29) is 0 Å². The van der Waals surface area contributed by atoms with E-state index in [0.29, 0.717) is 6.04 Å². The van der Waals surface area contributed by atoms with Crippen molar-refractivity contribution < 1.29 is 0 Å². The quantitative estimate of drug-likeness (QED) is 0.732. The van der Waals surface area contributed by atoms with Crippen LogP contribution in [-0.2, 0) is 13.1 Å². The van der Waals surface area contributed by atoms with E-state index >= 15 is 0 Å². The van der Waals surface area contributed by atoms with Crippen molar-refractivity contribution in [1.29, 1.82) is 0 Å². The van der Waals surface area contributed by atoms with Gasteiger partial charge < -0.3 is 5.32 Å². The summed E-state index contributed by atoms with van der Waals surface area (Å²) >= 11 is 1.67. The number of nitrogens with zero attached hydrogens (tertiary/aromatic N) is 6. The number of nitrogens with one attached hydrogen (secondary N) is 1. The van der Waals surface area contributed by atoms with Crippen LogP contribution in [0.3, 0.4) is 0 Å². The first-order valence-corrected chi connectivity index (χ1v) is 9.55. The van der Waals surface area contributed by atoms with E-state index in [1.807, 2.05) is 23.3 Å². The number of thiazole rings is 1. The lowest BCUT2D eigenvalue weighted by Gasteiger charge is -2.31. The molecule has 0 saturated carbocycles. The molecule has 3 aromatic rings. The fourth-order valence-electron chi connectivity index (χ4n) is 3.39. The molecule has 7 nitrogen and oxygen atoms in total. The van der Waals surface area contributed by atoms with Crippen LogP contribution in [0.2, 0.25) is 0 Å². The Morgan fingerprint density at radius 3 is 2.96 bits per heavy atom. The lowest BCUT2D eigenvalue weighted by Crippen LogP contribution is -2.34. The van der Waals surface area contributed by atoms with Crippen LogP contribution in [-0.4, -0.2) is 49.6 Å². The van der Waals surface area contributed by atoms with E-state index in [4.69, 9.17) is 0 Å². The van der Waals surface area contributed by atoms with Crippen molar-refractivity contribution in [1.82, 2.24) is 34.8 Å². The number of aromatic nitrogens is 5. The molecule has 0 aromatic carbocycles. The van der Waals surface area contributed by atoms with E-state index in [9.17, 15) is 0 Å². The molecule has 1 aliphatic heterocycles. The minimum absolute atomic E-state index is 0.458. The van der Waals surface area contributed by atoms with Crippen molar-refractivity contribution in [2.24, 2.45) is 0 Å². The number of likely N-dealkylation sites (tertiary alicyclic amines) is 1. The van der Waals surface area contributed by atoms with E-state index in [1.165, 1.54) is 5.69 Å². The molecule has 0 bridgehead atoms. The summed E-state index contributed by atoms with van der Waals surface area (Å²) < 4.78 is 4.24. The van der Waals surface area contributed by atoms with Gasteiger partial charge in [-0.2, -0.15) is 0 Å². The van der Waals surface area contributed by atoms with Crippen LogP contribution < -0.4 is 5.32 Å². The summed E-state index contributed by atoms with van der Waals surface area (Å²) in [5, 5.41) is 14.7. The average Bonchev–Trinajstić information content (AvgIpc) is 3.37. The third-order valence-electron chi connectivity index (χ3n) is 4.69. The second-order valence-corrected chi connectivity index (χ2v) is 7.28. The monoisotopic (exact) mass is 357 g/mol. The topological polar surface area (TPSA) is 63.8 Å². The number of piperidine rings is 1. The largest absolute Gasteiger partial charge is 0.314 e. The molecule has 8 heteroatoms. The molecule has 0 aliphatic carbocycles. The summed E-state index contributed by atoms with van der Waals surface area (Å²) in [5.41, 5.74) is 2.30. The fourth-order valence-corrected chi connectivity index (χ4v) is 4.05. The molecular weight excluding hydrogens is 334 g/mol. The summed E-state index contributed by atoms with van der Waals surface area (Å²) in [6.45, 7) is 3.89. The smallest absolute Gasteiger partial charge is 0.193 e. The van der Waals surface area contributed by atoms with Gasteiger partial charge in [-0.05, 0) is 32.0 Å². The molecular formula is C17H23N7S. The van der Waals surface area contributed by atoms with Gasteiger partial charge in [0, 0.05) is 49.6 Å². The molecule has 0 spiro atoms. The predicted octanol–water partition coefficient (Wildman–Crippen LogP) is 2.08. The number of rotatable bonds is 6. The van der Waals surface area contributed by atoms with E-state index < -0.39 is 0 Å². The molecule has 0 atom stereocenters. The standard InChI is InChI=1S/C17H23N7S/c1-18-11-14-12-24(21-20-14)15-4-8-22(9-5-15)13-16-3-2-7-23(16)17-19-6-10-25-17/h2-3,6-7,10,12,15,18H,4-5,8-9,11,13H2,1H3. The van der Waals surface area contributed by atoms with Crippen molar-refractivity contribution in [2.75, 3.05) is 20.1 Å². The third kappa shape index (κ3) is 3.65. The predicted molar refractivity (Wildman–Crippen MR) is 97.8 cm³/mol. The summed E-state index contributed by atoms with van der Waals surface area (Å²) in [6, 6.07) is 4.75. The Hall–Kier alpha value is -2.03. The van der Waals surface area contributed by atoms with Gasteiger partial charge in [0.15, 0.2) is 5.13 Å². The molecule has 0 amide bonds. The zero-order valence-corrected chi connectivity index (χ0v) is 15.2. The molecule has 1 fully saturated rings.